The van der Waals surface area contributed by atoms with Gasteiger partial charge in [-0.15, -0.1) is 0 Å². The van der Waals surface area contributed by atoms with Crippen molar-refractivity contribution in [2.75, 3.05) is 26.4 Å². The van der Waals surface area contributed by atoms with Crippen molar-refractivity contribution in [1.82, 2.24) is 0 Å². The van der Waals surface area contributed by atoms with Crippen LogP contribution in [-0.2, 0) is 28.6 Å². The number of carbonyl (C=O) groups is 4. The van der Waals surface area contributed by atoms with E-state index in [1.807, 2.05) is 6.92 Å². The maximum absolute atomic E-state index is 12.9. The second kappa shape index (κ2) is 18.6. The summed E-state index contributed by atoms with van der Waals surface area (Å²) in [5.41, 5.74) is 1.50. The van der Waals surface area contributed by atoms with Gasteiger partial charge in [-0.3, -0.25) is 0 Å². The molecule has 0 aromatic heterocycles. The standard InChI is InChI=1S/C36H40O10/c1-5-33(37)43-21-9-7-19-41-28-13-11-27(12-14-28)35(39)45-30-16-18-32(26(4)24-30)46-36(40)31-17-15-29(23-25(31)3)42-20-8-10-22-44-34(38)6-2/h5-6,11-18,24-25H,1-2,7-10,19-23H2,3-4H3. The third kappa shape index (κ3) is 11.8. The normalized spacial score (nSPS) is 13.7. The van der Waals surface area contributed by atoms with E-state index in [1.165, 1.54) is 0 Å². The van der Waals surface area contributed by atoms with E-state index in [1.54, 1.807) is 61.5 Å². The van der Waals surface area contributed by atoms with Crippen LogP contribution in [0.15, 0.2) is 91.3 Å². The summed E-state index contributed by atoms with van der Waals surface area (Å²) in [6.07, 6.45) is 9.06. The summed E-state index contributed by atoms with van der Waals surface area (Å²) in [4.78, 5) is 47.7. The highest BCUT2D eigenvalue weighted by Gasteiger charge is 2.24. The molecule has 0 heterocycles. The van der Waals surface area contributed by atoms with Crippen LogP contribution in [0, 0.1) is 12.8 Å². The molecule has 0 spiro atoms. The van der Waals surface area contributed by atoms with E-state index in [2.05, 4.69) is 13.2 Å². The Hall–Kier alpha value is -5.12. The number of hydrogen-bond acceptors (Lipinski definition) is 10. The van der Waals surface area contributed by atoms with Gasteiger partial charge < -0.3 is 28.4 Å². The first-order chi connectivity index (χ1) is 22.2. The molecule has 46 heavy (non-hydrogen) atoms. The van der Waals surface area contributed by atoms with Crippen LogP contribution in [-0.4, -0.2) is 50.3 Å². The SMILES string of the molecule is C=CC(=O)OCCCCOC1=CC=C(C(=O)Oc2ccc(OC(=O)c3ccc(OCCCCOC(=O)C=C)cc3)cc2C)C(C)C1. The molecule has 0 radical (unpaired) electrons. The van der Waals surface area contributed by atoms with Gasteiger partial charge in [0.05, 0.1) is 37.8 Å². The maximum Gasteiger partial charge on any atom is 0.343 e. The quantitative estimate of drug-likeness (QED) is 0.0791. The summed E-state index contributed by atoms with van der Waals surface area (Å²) in [5, 5.41) is 0. The molecule has 1 unspecified atom stereocenters. The fraction of sp³-hybridized carbons (Fsp3) is 0.333. The van der Waals surface area contributed by atoms with Crippen LogP contribution in [0.1, 0.15) is 54.9 Å². The lowest BCUT2D eigenvalue weighted by molar-refractivity contribution is -0.138. The Morgan fingerprint density at radius 3 is 1.91 bits per heavy atom. The van der Waals surface area contributed by atoms with Crippen molar-refractivity contribution in [2.24, 2.45) is 5.92 Å². The van der Waals surface area contributed by atoms with Crippen molar-refractivity contribution in [3.8, 4) is 17.2 Å². The van der Waals surface area contributed by atoms with Crippen molar-refractivity contribution < 1.29 is 47.6 Å². The van der Waals surface area contributed by atoms with Crippen molar-refractivity contribution in [1.29, 1.82) is 0 Å². The Labute approximate surface area is 269 Å². The fourth-order valence-electron chi connectivity index (χ4n) is 4.28. The summed E-state index contributed by atoms with van der Waals surface area (Å²) in [5.74, 6) is 0.0601. The van der Waals surface area contributed by atoms with Crippen molar-refractivity contribution in [2.45, 2.75) is 46.0 Å². The van der Waals surface area contributed by atoms with Crippen LogP contribution in [0.2, 0.25) is 0 Å². The van der Waals surface area contributed by atoms with Crippen LogP contribution in [0.4, 0.5) is 0 Å². The van der Waals surface area contributed by atoms with E-state index in [0.29, 0.717) is 86.1 Å². The molecule has 0 fully saturated rings. The number of rotatable bonds is 18. The highest BCUT2D eigenvalue weighted by Crippen LogP contribution is 2.29. The average Bonchev–Trinajstić information content (AvgIpc) is 3.05. The van der Waals surface area contributed by atoms with Gasteiger partial charge in [0.2, 0.25) is 0 Å². The van der Waals surface area contributed by atoms with Crippen LogP contribution in [0.3, 0.4) is 0 Å². The van der Waals surface area contributed by atoms with Crippen LogP contribution < -0.4 is 14.2 Å². The molecule has 0 saturated carbocycles. The zero-order chi connectivity index (χ0) is 33.3. The highest BCUT2D eigenvalue weighted by atomic mass is 16.5. The first-order valence-electron chi connectivity index (χ1n) is 15.1. The van der Waals surface area contributed by atoms with Gasteiger partial charge in [0.25, 0.3) is 0 Å². The van der Waals surface area contributed by atoms with Gasteiger partial charge in [0.15, 0.2) is 0 Å². The number of esters is 4. The minimum absolute atomic E-state index is 0.104. The third-order valence-corrected chi connectivity index (χ3v) is 6.83. The minimum Gasteiger partial charge on any atom is -0.498 e. The number of hydrogen-bond donors (Lipinski definition) is 0. The molecule has 1 aliphatic carbocycles. The Morgan fingerprint density at radius 1 is 0.739 bits per heavy atom. The first kappa shape index (κ1) is 35.4. The van der Waals surface area contributed by atoms with Gasteiger partial charge in [-0.05, 0) is 98.7 Å². The van der Waals surface area contributed by atoms with E-state index < -0.39 is 23.9 Å². The molecule has 0 aliphatic heterocycles. The number of allylic oxidation sites excluding steroid dienone is 3. The molecule has 2 aromatic carbocycles. The van der Waals surface area contributed by atoms with E-state index in [0.717, 1.165) is 24.3 Å². The van der Waals surface area contributed by atoms with E-state index in [4.69, 9.17) is 28.4 Å². The number of benzene rings is 2. The fourth-order valence-corrected chi connectivity index (χ4v) is 4.28. The molecule has 0 bridgehead atoms. The summed E-state index contributed by atoms with van der Waals surface area (Å²) < 4.78 is 32.5. The Kier molecular flexibility index (Phi) is 14.3. The van der Waals surface area contributed by atoms with E-state index in [-0.39, 0.29) is 5.92 Å². The lowest BCUT2D eigenvalue weighted by Gasteiger charge is -2.21. The highest BCUT2D eigenvalue weighted by molar-refractivity contribution is 5.92. The predicted molar refractivity (Wildman–Crippen MR) is 170 cm³/mol. The average molecular weight is 633 g/mol. The molecular weight excluding hydrogens is 592 g/mol. The topological polar surface area (TPSA) is 124 Å². The van der Waals surface area contributed by atoms with Crippen LogP contribution in [0.5, 0.6) is 17.2 Å². The largest absolute Gasteiger partial charge is 0.498 e. The molecule has 1 atom stereocenters. The summed E-state index contributed by atoms with van der Waals surface area (Å²) >= 11 is 0. The molecule has 10 heteroatoms. The van der Waals surface area contributed by atoms with Gasteiger partial charge in [0, 0.05) is 24.1 Å². The molecule has 1 aliphatic rings. The first-order valence-corrected chi connectivity index (χ1v) is 15.1. The van der Waals surface area contributed by atoms with E-state index >= 15 is 0 Å². The molecule has 0 N–H and O–H groups in total. The van der Waals surface area contributed by atoms with Crippen molar-refractivity contribution >= 4 is 23.9 Å². The van der Waals surface area contributed by atoms with Crippen LogP contribution in [0.25, 0.3) is 0 Å². The number of unbranched alkanes of at least 4 members (excludes halogenated alkanes) is 2. The molecule has 2 aromatic rings. The van der Waals surface area contributed by atoms with Gasteiger partial charge in [-0.1, -0.05) is 20.1 Å². The predicted octanol–water partition coefficient (Wildman–Crippen LogP) is 6.38. The van der Waals surface area contributed by atoms with Gasteiger partial charge >= 0.3 is 23.9 Å². The molecule has 0 saturated heterocycles. The van der Waals surface area contributed by atoms with Gasteiger partial charge in [-0.2, -0.15) is 0 Å². The lowest BCUT2D eigenvalue weighted by Crippen LogP contribution is -2.20. The minimum atomic E-state index is -0.540. The summed E-state index contributed by atoms with van der Waals surface area (Å²) in [6, 6.07) is 11.4. The molecular formula is C36H40O10. The summed E-state index contributed by atoms with van der Waals surface area (Å²) in [7, 11) is 0. The number of ether oxygens (including phenoxy) is 6. The molecule has 10 nitrogen and oxygen atoms in total. The van der Waals surface area contributed by atoms with Crippen LogP contribution >= 0.6 is 0 Å². The Bertz CT molecular complexity index is 1450. The molecule has 244 valence electrons. The lowest BCUT2D eigenvalue weighted by atomic mass is 9.92. The third-order valence-electron chi connectivity index (χ3n) is 6.83. The maximum atomic E-state index is 12.9. The van der Waals surface area contributed by atoms with E-state index in [9.17, 15) is 19.2 Å². The molecule has 0 amide bonds. The second-order valence-corrected chi connectivity index (χ2v) is 10.4. The smallest absolute Gasteiger partial charge is 0.343 e. The Morgan fingerprint density at radius 2 is 1.33 bits per heavy atom. The van der Waals surface area contributed by atoms with Crippen molar-refractivity contribution in [3.63, 3.8) is 0 Å². The van der Waals surface area contributed by atoms with Gasteiger partial charge in [-0.25, -0.2) is 19.2 Å². The zero-order valence-electron chi connectivity index (χ0n) is 26.3. The zero-order valence-corrected chi connectivity index (χ0v) is 26.3. The van der Waals surface area contributed by atoms with Gasteiger partial charge in [0.1, 0.15) is 17.2 Å². The number of carbonyl (C=O) groups excluding carboxylic acids is 4. The summed E-state index contributed by atoms with van der Waals surface area (Å²) in [6.45, 7) is 11.9. The monoisotopic (exact) mass is 632 g/mol. The second-order valence-electron chi connectivity index (χ2n) is 10.4. The van der Waals surface area contributed by atoms with Crippen molar-refractivity contribution in [3.05, 3.63) is 102 Å². The Balaban J connectivity index is 1.44. The molecule has 3 rings (SSSR count). The number of aryl methyl sites for hydroxylation is 1.